The van der Waals surface area contributed by atoms with Gasteiger partial charge in [0.15, 0.2) is 26.8 Å². The van der Waals surface area contributed by atoms with Gasteiger partial charge in [-0.25, -0.2) is 13.2 Å². The fourth-order valence-electron chi connectivity index (χ4n) is 11.0. The molecule has 4 unspecified atom stereocenters. The van der Waals surface area contributed by atoms with E-state index in [1.54, 1.807) is 24.3 Å². The van der Waals surface area contributed by atoms with Crippen molar-refractivity contribution < 1.29 is 128 Å². The standard InChI is InChI=1S/C32H86O12Si11.C13H16F2O5S.C13H26O2.C9H16O3.Ag/c1-27-32(2,3)31(33)34-29-28-30-46(7,8)36-48(11,12)38-50(15,16)40-52(19,20)42-54(23,24)44-55(25,26)43-53(21,22)41-51(17,18)39-49(13,14)37-47(9,10)35-45(4,5)6;1-3-9(2)11-6-4-10(5-7-11)8-20-12(16)13(14,15)21(17,18)19;1-5-8-9-12(7-3)10-15-13(14)11(4)6-2;1-4-9(2,3)8(10)12-6-7-5-11-7;/h27-30H2,1-26H3;4-7,9H,3,8H2,1-2H3,(H,17,18,19);11-12H,5-10H2,1-4H3;7H,4-6H2,1-3H3;/q;;;;+1/p-1. The Bertz CT molecular complexity index is 2830. The summed E-state index contributed by atoms with van der Waals surface area (Å²) in [7, 11) is -33.7. The van der Waals surface area contributed by atoms with Crippen LogP contribution in [0.4, 0.5) is 8.78 Å². The molecule has 4 atom stereocenters. The second-order valence-corrected chi connectivity index (χ2v) is 76.7. The number of rotatable bonds is 44. The molecule has 0 saturated carbocycles. The molecule has 1 saturated heterocycles. The molecule has 37 heteroatoms. The van der Waals surface area contributed by atoms with Gasteiger partial charge < -0.3 is 69.4 Å². The molecule has 0 amide bonds. The number of unbranched alkanes of at least 4 members (excludes halogenated alkanes) is 1. The molecule has 618 valence electrons. The topological polar surface area (TPSA) is 267 Å². The third-order valence-corrected chi connectivity index (χ3v) is 58.3. The van der Waals surface area contributed by atoms with E-state index in [4.69, 9.17) is 60.1 Å². The van der Waals surface area contributed by atoms with E-state index in [1.165, 1.54) is 19.3 Å². The van der Waals surface area contributed by atoms with Crippen LogP contribution in [0.25, 0.3) is 0 Å². The van der Waals surface area contributed by atoms with E-state index < -0.39 is 127 Å². The first-order valence-electron chi connectivity index (χ1n) is 36.8. The molecule has 0 N–H and O–H groups in total. The third kappa shape index (κ3) is 47.8. The maximum absolute atomic E-state index is 12.9. The summed E-state index contributed by atoms with van der Waals surface area (Å²) in [6.07, 6.45) is 9.03. The van der Waals surface area contributed by atoms with Gasteiger partial charge in [0.25, 0.3) is 0 Å². The molecule has 0 aromatic heterocycles. The molecule has 1 fully saturated rings. The Kier molecular flexibility index (Phi) is 46.5. The van der Waals surface area contributed by atoms with Gasteiger partial charge in [-0.15, -0.1) is 0 Å². The van der Waals surface area contributed by atoms with Gasteiger partial charge in [0.05, 0.1) is 36.6 Å². The van der Waals surface area contributed by atoms with E-state index in [0.717, 1.165) is 56.7 Å². The number of epoxide rings is 1. The first kappa shape index (κ1) is 108. The zero-order chi connectivity index (χ0) is 81.3. The minimum Gasteiger partial charge on any atom is -0.743 e. The number of hydrogen-bond donors (Lipinski definition) is 0. The predicted octanol–water partition coefficient (Wildman–Crippen LogP) is 18.4. The molecule has 1 heterocycles. The summed E-state index contributed by atoms with van der Waals surface area (Å²) in [5.41, 5.74) is 0.641. The van der Waals surface area contributed by atoms with Gasteiger partial charge in [-0.05, 0) is 246 Å². The van der Waals surface area contributed by atoms with Crippen molar-refractivity contribution in [2.75, 3.05) is 26.4 Å². The molecular formula is C67H143AgF2O22SSi11. The van der Waals surface area contributed by atoms with Gasteiger partial charge in [-0.1, -0.05) is 98.9 Å². The number of esters is 4. The fraction of sp³-hybridized carbons (Fsp3) is 0.851. The van der Waals surface area contributed by atoms with Crippen LogP contribution in [0.15, 0.2) is 24.3 Å². The quantitative estimate of drug-likeness (QED) is 0.0147. The van der Waals surface area contributed by atoms with E-state index in [0.29, 0.717) is 37.2 Å². The zero-order valence-corrected chi connectivity index (χ0v) is 84.0. The number of benzene rings is 1. The zero-order valence-electron chi connectivity index (χ0n) is 70.7. The summed E-state index contributed by atoms with van der Waals surface area (Å²) in [5.74, 6) is -1.74. The molecular weight excluding hydrogens is 1640 g/mol. The molecule has 1 aromatic rings. The average Bonchev–Trinajstić information content (AvgIpc) is 1.75. The SMILES string of the molecule is CCC(C)(C)C(=O)OCC1CO1.CCC(C)(C)C(=O)OCCC[Si](C)(C)O[Si](C)(C)O[Si](C)(C)O[Si](C)(C)O[Si](C)(C)O[Si](C)(C)O[Si](C)(C)O[Si](C)(C)O[Si](C)(C)O[Si](C)(C)O[Si](C)(C)C.CCC(C)c1ccc(COC(=O)C(F)(F)S(=O)(=O)[O-])cc1.CCCCC(CC)COC(=O)C(C)CC.[Ag+]. The molecule has 0 aliphatic carbocycles. The summed E-state index contributed by atoms with van der Waals surface area (Å²) in [5, 5.41) is -5.08. The Morgan fingerprint density at radius 3 is 1.20 bits per heavy atom. The van der Waals surface area contributed by atoms with Crippen LogP contribution in [0.3, 0.4) is 0 Å². The van der Waals surface area contributed by atoms with Gasteiger partial charge in [0, 0.05) is 0 Å². The van der Waals surface area contributed by atoms with E-state index >= 15 is 0 Å². The number of carbonyl (C=O) groups is 4. The summed E-state index contributed by atoms with van der Waals surface area (Å²) in [6.45, 7) is 73.9. The van der Waals surface area contributed by atoms with E-state index in [-0.39, 0.29) is 57.7 Å². The van der Waals surface area contributed by atoms with Gasteiger partial charge in [-0.3, -0.25) is 14.4 Å². The largest absolute Gasteiger partial charge is 1.00 e. The number of alkyl halides is 2. The van der Waals surface area contributed by atoms with Crippen LogP contribution in [0.1, 0.15) is 158 Å². The number of ether oxygens (including phenoxy) is 5. The Hall–Kier alpha value is -0.444. The molecule has 0 bridgehead atoms. The van der Waals surface area contributed by atoms with Crippen LogP contribution >= 0.6 is 0 Å². The van der Waals surface area contributed by atoms with Crippen molar-refractivity contribution in [1.29, 1.82) is 0 Å². The van der Waals surface area contributed by atoms with E-state index in [1.807, 2.05) is 69.2 Å². The minimum absolute atomic E-state index is 0. The fourth-order valence-corrected chi connectivity index (χ4v) is 66.6. The predicted molar refractivity (Wildman–Crippen MR) is 432 cm³/mol. The van der Waals surface area contributed by atoms with Crippen molar-refractivity contribution in [2.24, 2.45) is 22.7 Å². The summed E-state index contributed by atoms with van der Waals surface area (Å²) in [6, 6.07) is 7.56. The van der Waals surface area contributed by atoms with Crippen LogP contribution in [-0.4, -0.2) is 168 Å². The molecule has 104 heavy (non-hydrogen) atoms. The van der Waals surface area contributed by atoms with Crippen LogP contribution in [-0.2, 0) is 123 Å². The molecule has 1 aliphatic heterocycles. The monoisotopic (exact) mass is 1780 g/mol. The Balaban J connectivity index is -0.00000166. The van der Waals surface area contributed by atoms with Crippen LogP contribution in [0, 0.1) is 22.7 Å². The second-order valence-electron chi connectivity index (χ2n) is 33.7. The Morgan fingerprint density at radius 2 is 0.885 bits per heavy atom. The molecule has 0 spiro atoms. The molecule has 0 radical (unpaired) electrons. The molecule has 2 rings (SSSR count). The van der Waals surface area contributed by atoms with Crippen molar-refractivity contribution in [2.45, 2.75) is 321 Å². The normalized spacial score (nSPS) is 15.6. The van der Waals surface area contributed by atoms with Crippen molar-refractivity contribution >= 4 is 128 Å². The van der Waals surface area contributed by atoms with Crippen molar-refractivity contribution in [3.63, 3.8) is 0 Å². The first-order chi connectivity index (χ1) is 46.1. The van der Waals surface area contributed by atoms with Crippen molar-refractivity contribution in [3.05, 3.63) is 35.4 Å². The molecule has 1 aliphatic rings. The number of halogens is 2. The summed E-state index contributed by atoms with van der Waals surface area (Å²) in [4.78, 5) is 46.1. The van der Waals surface area contributed by atoms with Gasteiger partial charge in [0.1, 0.15) is 19.3 Å². The minimum atomic E-state index is -6.09. The third-order valence-electron chi connectivity index (χ3n) is 15.9. The van der Waals surface area contributed by atoms with Crippen LogP contribution < -0.4 is 0 Å². The Labute approximate surface area is 656 Å². The molecule has 22 nitrogen and oxygen atoms in total. The van der Waals surface area contributed by atoms with Gasteiger partial charge >= 0.3 is 129 Å². The average molecular weight is 1790 g/mol. The number of carbonyl (C=O) groups excluding carboxylic acids is 4. The van der Waals surface area contributed by atoms with E-state index in [9.17, 15) is 40.9 Å². The number of hydrogen-bond acceptors (Lipinski definition) is 22. The Morgan fingerprint density at radius 1 is 0.519 bits per heavy atom. The van der Waals surface area contributed by atoms with Crippen LogP contribution in [0.2, 0.25) is 157 Å². The van der Waals surface area contributed by atoms with E-state index in [2.05, 4.69) is 169 Å². The van der Waals surface area contributed by atoms with Gasteiger partial charge in [0.2, 0.25) is 0 Å². The molecule has 1 aromatic carbocycles. The van der Waals surface area contributed by atoms with Crippen LogP contribution in [0.5, 0.6) is 0 Å². The van der Waals surface area contributed by atoms with Crippen molar-refractivity contribution in [1.82, 2.24) is 0 Å². The summed E-state index contributed by atoms with van der Waals surface area (Å²) >= 11 is 0. The second kappa shape index (κ2) is 44.9. The maximum Gasteiger partial charge on any atom is 1.00 e. The first-order valence-corrected chi connectivity index (χ1v) is 70.1. The van der Waals surface area contributed by atoms with Gasteiger partial charge in [-0.2, -0.15) is 8.78 Å². The maximum atomic E-state index is 12.9. The summed E-state index contributed by atoms with van der Waals surface area (Å²) < 4.78 is 149. The van der Waals surface area contributed by atoms with Crippen molar-refractivity contribution in [3.8, 4) is 0 Å². The smallest absolute Gasteiger partial charge is 0.743 e.